The van der Waals surface area contributed by atoms with E-state index in [-0.39, 0.29) is 28.3 Å². The summed E-state index contributed by atoms with van der Waals surface area (Å²) in [5.41, 5.74) is -0.580. The zero-order valence-electron chi connectivity index (χ0n) is 18.0. The highest BCUT2D eigenvalue weighted by Gasteiger charge is 2.48. The number of carbonyl (C=O) groups is 2. The number of rotatable bonds is 5. The minimum Gasteiger partial charge on any atom is -0.506 e. The second-order valence-electron chi connectivity index (χ2n) is 7.35. The fourth-order valence-electron chi connectivity index (χ4n) is 3.94. The van der Waals surface area contributed by atoms with Gasteiger partial charge in [-0.1, -0.05) is 18.2 Å². The molecule has 1 unspecified atom stereocenters. The Morgan fingerprint density at radius 1 is 0.882 bits per heavy atom. The van der Waals surface area contributed by atoms with E-state index >= 15 is 0 Å². The maximum atomic E-state index is 14.7. The van der Waals surface area contributed by atoms with Crippen molar-refractivity contribution in [3.05, 3.63) is 94.8 Å². The third kappa shape index (κ3) is 3.75. The van der Waals surface area contributed by atoms with Crippen LogP contribution in [0.3, 0.4) is 0 Å². The lowest BCUT2D eigenvalue weighted by atomic mass is 9.94. The molecular formula is C25H18F3NO5. The van der Waals surface area contributed by atoms with Gasteiger partial charge in [-0.3, -0.25) is 14.5 Å². The molecule has 1 atom stereocenters. The van der Waals surface area contributed by atoms with Crippen molar-refractivity contribution < 1.29 is 37.3 Å². The largest absolute Gasteiger partial charge is 0.506 e. The van der Waals surface area contributed by atoms with E-state index < -0.39 is 46.5 Å². The van der Waals surface area contributed by atoms with Crippen molar-refractivity contribution in [2.45, 2.75) is 6.04 Å². The number of aliphatic hydroxyl groups is 1. The molecule has 0 aromatic heterocycles. The van der Waals surface area contributed by atoms with Crippen LogP contribution in [0.2, 0.25) is 0 Å². The van der Waals surface area contributed by atoms with E-state index in [4.69, 9.17) is 9.47 Å². The smallest absolute Gasteiger partial charge is 0.300 e. The second-order valence-corrected chi connectivity index (χ2v) is 7.35. The number of nitrogens with zero attached hydrogens (tertiary/aromatic N) is 1. The first-order chi connectivity index (χ1) is 16.3. The average Bonchev–Trinajstić information content (AvgIpc) is 3.09. The summed E-state index contributed by atoms with van der Waals surface area (Å²) in [5.74, 6) is -5.17. The molecule has 1 fully saturated rings. The molecule has 1 heterocycles. The number of aliphatic hydroxyl groups excluding tert-OH is 1. The first kappa shape index (κ1) is 22.9. The first-order valence-electron chi connectivity index (χ1n) is 10.0. The number of hydrogen-bond acceptors (Lipinski definition) is 5. The number of benzene rings is 3. The van der Waals surface area contributed by atoms with Gasteiger partial charge in [0.1, 0.15) is 40.3 Å². The Bertz CT molecular complexity index is 1300. The molecule has 0 saturated carbocycles. The Morgan fingerprint density at radius 2 is 1.47 bits per heavy atom. The van der Waals surface area contributed by atoms with Crippen LogP contribution in [0.4, 0.5) is 18.9 Å². The number of Topliss-reactive ketones (excluding diaryl/α,β-unsaturated/α-hetero) is 1. The highest BCUT2D eigenvalue weighted by molar-refractivity contribution is 6.51. The molecule has 9 heteroatoms. The third-order valence-electron chi connectivity index (χ3n) is 5.46. The lowest BCUT2D eigenvalue weighted by molar-refractivity contribution is -0.132. The lowest BCUT2D eigenvalue weighted by Crippen LogP contribution is -2.30. The molecule has 6 nitrogen and oxygen atoms in total. The van der Waals surface area contributed by atoms with Crippen LogP contribution in [0.1, 0.15) is 17.2 Å². The van der Waals surface area contributed by atoms with Gasteiger partial charge in [-0.25, -0.2) is 13.2 Å². The van der Waals surface area contributed by atoms with E-state index in [1.54, 1.807) is 6.07 Å². The molecule has 1 N–H and O–H groups in total. The van der Waals surface area contributed by atoms with Gasteiger partial charge in [-0.15, -0.1) is 0 Å². The van der Waals surface area contributed by atoms with Gasteiger partial charge < -0.3 is 14.6 Å². The summed E-state index contributed by atoms with van der Waals surface area (Å²) >= 11 is 0. The summed E-state index contributed by atoms with van der Waals surface area (Å²) in [4.78, 5) is 27.1. The topological polar surface area (TPSA) is 76.1 Å². The Balaban J connectivity index is 2.03. The van der Waals surface area contributed by atoms with E-state index in [1.165, 1.54) is 38.5 Å². The first-order valence-corrected chi connectivity index (χ1v) is 10.0. The molecule has 0 radical (unpaired) electrons. The Morgan fingerprint density at radius 3 is 2.03 bits per heavy atom. The van der Waals surface area contributed by atoms with Gasteiger partial charge in [0.15, 0.2) is 0 Å². The number of carbonyl (C=O) groups excluding carboxylic acids is 2. The quantitative estimate of drug-likeness (QED) is 0.332. The molecule has 0 aliphatic carbocycles. The second kappa shape index (κ2) is 8.93. The van der Waals surface area contributed by atoms with E-state index in [2.05, 4.69) is 0 Å². The third-order valence-corrected chi connectivity index (χ3v) is 5.46. The highest BCUT2D eigenvalue weighted by Crippen LogP contribution is 2.45. The van der Waals surface area contributed by atoms with E-state index in [0.29, 0.717) is 6.07 Å². The summed E-state index contributed by atoms with van der Waals surface area (Å²) < 4.78 is 52.5. The van der Waals surface area contributed by atoms with Gasteiger partial charge >= 0.3 is 0 Å². The molecule has 3 aromatic rings. The van der Waals surface area contributed by atoms with Crippen molar-refractivity contribution in [3.63, 3.8) is 0 Å². The zero-order chi connectivity index (χ0) is 24.6. The van der Waals surface area contributed by atoms with Crippen LogP contribution in [0.5, 0.6) is 11.5 Å². The molecule has 0 bridgehead atoms. The summed E-state index contributed by atoms with van der Waals surface area (Å²) in [5, 5.41) is 11.3. The van der Waals surface area contributed by atoms with Crippen molar-refractivity contribution in [1.82, 2.24) is 0 Å². The van der Waals surface area contributed by atoms with Crippen molar-refractivity contribution in [2.75, 3.05) is 19.1 Å². The van der Waals surface area contributed by atoms with Crippen molar-refractivity contribution in [2.24, 2.45) is 0 Å². The summed E-state index contributed by atoms with van der Waals surface area (Å²) in [7, 11) is 2.69. The monoisotopic (exact) mass is 469 g/mol. The Hall–Kier alpha value is -4.27. The number of halogens is 3. The number of hydrogen-bond donors (Lipinski definition) is 1. The van der Waals surface area contributed by atoms with Gasteiger partial charge in [0.2, 0.25) is 0 Å². The summed E-state index contributed by atoms with van der Waals surface area (Å²) in [6.07, 6.45) is 0. The number of ketones is 1. The number of methoxy groups -OCH3 is 2. The molecule has 3 aromatic carbocycles. The fraction of sp³-hybridized carbons (Fsp3) is 0.120. The minimum atomic E-state index is -1.35. The average molecular weight is 469 g/mol. The number of amides is 1. The summed E-state index contributed by atoms with van der Waals surface area (Å²) in [6.45, 7) is 0. The van der Waals surface area contributed by atoms with Crippen LogP contribution >= 0.6 is 0 Å². The van der Waals surface area contributed by atoms with Gasteiger partial charge in [0, 0.05) is 6.07 Å². The molecule has 1 aliphatic rings. The molecule has 174 valence electrons. The number of anilines is 1. The molecule has 1 aliphatic heterocycles. The lowest BCUT2D eigenvalue weighted by Gasteiger charge is -2.26. The molecule has 0 spiro atoms. The SMILES string of the molecule is COc1cccc(OC)c1/C(O)=C1\C(=O)C(=O)N(c2ccc(F)cc2F)C1c1ccc(F)cc1. The predicted octanol–water partition coefficient (Wildman–Crippen LogP) is 4.75. The van der Waals surface area contributed by atoms with Crippen LogP contribution in [0.15, 0.2) is 66.2 Å². The van der Waals surface area contributed by atoms with E-state index in [9.17, 15) is 27.9 Å². The fourth-order valence-corrected chi connectivity index (χ4v) is 3.94. The molecule has 34 heavy (non-hydrogen) atoms. The maximum absolute atomic E-state index is 14.7. The maximum Gasteiger partial charge on any atom is 0.300 e. The highest BCUT2D eigenvalue weighted by atomic mass is 19.1. The van der Waals surface area contributed by atoms with Crippen molar-refractivity contribution in [3.8, 4) is 11.5 Å². The Kier molecular flexibility index (Phi) is 6.02. The van der Waals surface area contributed by atoms with Gasteiger partial charge in [0.25, 0.3) is 11.7 Å². The number of ether oxygens (including phenoxy) is 2. The minimum absolute atomic E-state index is 0.00260. The summed E-state index contributed by atoms with van der Waals surface area (Å²) in [6, 6.07) is 10.6. The van der Waals surface area contributed by atoms with Gasteiger partial charge in [-0.2, -0.15) is 0 Å². The van der Waals surface area contributed by atoms with Crippen LogP contribution in [-0.2, 0) is 9.59 Å². The molecule has 4 rings (SSSR count). The Labute approximate surface area is 192 Å². The molecular weight excluding hydrogens is 451 g/mol. The standard InChI is InChI=1S/C25H18F3NO5/c1-33-18-4-3-5-19(34-2)20(18)23(30)21-22(13-6-8-14(26)9-7-13)29(25(32)24(21)31)17-11-10-15(27)12-16(17)28/h3-12,22,30H,1-2H3/b23-21+. The normalized spacial score (nSPS) is 17.2. The van der Waals surface area contributed by atoms with E-state index in [1.807, 2.05) is 0 Å². The molecule has 1 saturated heterocycles. The zero-order valence-corrected chi connectivity index (χ0v) is 18.0. The van der Waals surface area contributed by atoms with Crippen LogP contribution in [0.25, 0.3) is 5.76 Å². The van der Waals surface area contributed by atoms with Crippen molar-refractivity contribution >= 4 is 23.1 Å². The molecule has 1 amide bonds. The van der Waals surface area contributed by atoms with Crippen LogP contribution in [0, 0.1) is 17.5 Å². The van der Waals surface area contributed by atoms with Crippen LogP contribution < -0.4 is 14.4 Å². The van der Waals surface area contributed by atoms with Gasteiger partial charge in [0.05, 0.1) is 31.5 Å². The van der Waals surface area contributed by atoms with E-state index in [0.717, 1.165) is 29.2 Å². The van der Waals surface area contributed by atoms with Gasteiger partial charge in [-0.05, 0) is 42.0 Å². The predicted molar refractivity (Wildman–Crippen MR) is 117 cm³/mol. The van der Waals surface area contributed by atoms with Crippen LogP contribution in [-0.4, -0.2) is 31.0 Å². The van der Waals surface area contributed by atoms with Crippen molar-refractivity contribution in [1.29, 1.82) is 0 Å².